The number of rotatable bonds is 6. The Labute approximate surface area is 139 Å². The molecule has 1 aliphatic rings. The van der Waals surface area contributed by atoms with Crippen molar-refractivity contribution in [1.82, 2.24) is 15.2 Å². The molecule has 0 spiro atoms. The number of pyridine rings is 1. The summed E-state index contributed by atoms with van der Waals surface area (Å²) in [7, 11) is 0. The van der Waals surface area contributed by atoms with Gasteiger partial charge in [-0.1, -0.05) is 12.1 Å². The van der Waals surface area contributed by atoms with Gasteiger partial charge in [0.1, 0.15) is 11.6 Å². The SMILES string of the molecule is O=C(NCCc1ccccn1)N(Cc1ccc(F)cc1F)C1CC1. The van der Waals surface area contributed by atoms with Crippen LogP contribution < -0.4 is 5.32 Å². The minimum atomic E-state index is -0.623. The van der Waals surface area contributed by atoms with Gasteiger partial charge in [-0.2, -0.15) is 0 Å². The van der Waals surface area contributed by atoms with Gasteiger partial charge in [0.15, 0.2) is 0 Å². The van der Waals surface area contributed by atoms with Gasteiger partial charge in [-0.05, 0) is 31.0 Å². The van der Waals surface area contributed by atoms with Crippen molar-refractivity contribution in [3.8, 4) is 0 Å². The molecule has 3 rings (SSSR count). The summed E-state index contributed by atoms with van der Waals surface area (Å²) in [5.41, 5.74) is 1.23. The molecular formula is C18H19F2N3O. The predicted molar refractivity (Wildman–Crippen MR) is 86.3 cm³/mol. The molecule has 1 aromatic carbocycles. The molecule has 126 valence electrons. The summed E-state index contributed by atoms with van der Waals surface area (Å²) in [4.78, 5) is 18.2. The van der Waals surface area contributed by atoms with E-state index in [4.69, 9.17) is 0 Å². The van der Waals surface area contributed by atoms with E-state index < -0.39 is 11.6 Å². The highest BCUT2D eigenvalue weighted by molar-refractivity contribution is 5.75. The second-order valence-electron chi connectivity index (χ2n) is 5.90. The third-order valence-corrected chi connectivity index (χ3v) is 3.99. The monoisotopic (exact) mass is 331 g/mol. The Hall–Kier alpha value is -2.50. The second-order valence-corrected chi connectivity index (χ2v) is 5.90. The van der Waals surface area contributed by atoms with Gasteiger partial charge < -0.3 is 10.2 Å². The largest absolute Gasteiger partial charge is 0.338 e. The van der Waals surface area contributed by atoms with Crippen molar-refractivity contribution >= 4 is 6.03 Å². The number of urea groups is 1. The molecule has 0 aliphatic heterocycles. The van der Waals surface area contributed by atoms with Crippen LogP contribution in [0.1, 0.15) is 24.1 Å². The lowest BCUT2D eigenvalue weighted by Gasteiger charge is -2.23. The molecule has 4 nitrogen and oxygen atoms in total. The average Bonchev–Trinajstić information content (AvgIpc) is 3.40. The Balaban J connectivity index is 1.57. The fourth-order valence-corrected chi connectivity index (χ4v) is 2.53. The van der Waals surface area contributed by atoms with Crippen LogP contribution in [0.25, 0.3) is 0 Å². The van der Waals surface area contributed by atoms with Gasteiger partial charge in [0.05, 0.1) is 6.54 Å². The van der Waals surface area contributed by atoms with E-state index in [0.717, 1.165) is 24.6 Å². The van der Waals surface area contributed by atoms with Crippen molar-refractivity contribution in [2.45, 2.75) is 31.8 Å². The Morgan fingerprint density at radius 2 is 2.08 bits per heavy atom. The highest BCUT2D eigenvalue weighted by Gasteiger charge is 2.33. The number of amides is 2. The van der Waals surface area contributed by atoms with E-state index in [9.17, 15) is 13.6 Å². The first-order valence-electron chi connectivity index (χ1n) is 8.02. The number of hydrogen-bond donors (Lipinski definition) is 1. The van der Waals surface area contributed by atoms with Gasteiger partial charge in [0, 0.05) is 42.5 Å². The molecule has 0 unspecified atom stereocenters. The van der Waals surface area contributed by atoms with E-state index in [1.807, 2.05) is 18.2 Å². The molecule has 1 heterocycles. The molecule has 2 amide bonds. The lowest BCUT2D eigenvalue weighted by atomic mass is 10.2. The van der Waals surface area contributed by atoms with Crippen molar-refractivity contribution in [1.29, 1.82) is 0 Å². The zero-order valence-electron chi connectivity index (χ0n) is 13.2. The van der Waals surface area contributed by atoms with E-state index in [1.54, 1.807) is 11.1 Å². The van der Waals surface area contributed by atoms with Gasteiger partial charge in [0.25, 0.3) is 0 Å². The minimum Gasteiger partial charge on any atom is -0.338 e. The number of hydrogen-bond acceptors (Lipinski definition) is 2. The maximum absolute atomic E-state index is 13.8. The standard InChI is InChI=1S/C18H19F2N3O/c19-14-5-4-13(17(20)11-14)12-23(16-6-7-16)18(24)22-10-8-15-3-1-2-9-21-15/h1-5,9,11,16H,6-8,10,12H2,(H,22,24). The van der Waals surface area contributed by atoms with Gasteiger partial charge >= 0.3 is 6.03 Å². The number of carbonyl (C=O) groups is 1. The number of carbonyl (C=O) groups excluding carboxylic acids is 1. The molecule has 1 fully saturated rings. The molecule has 0 radical (unpaired) electrons. The van der Waals surface area contributed by atoms with E-state index in [1.165, 1.54) is 12.1 Å². The topological polar surface area (TPSA) is 45.2 Å². The quantitative estimate of drug-likeness (QED) is 0.883. The first-order chi connectivity index (χ1) is 11.6. The average molecular weight is 331 g/mol. The van der Waals surface area contributed by atoms with Gasteiger partial charge in [0.2, 0.25) is 0 Å². The fraction of sp³-hybridized carbons (Fsp3) is 0.333. The minimum absolute atomic E-state index is 0.129. The number of aromatic nitrogens is 1. The lowest BCUT2D eigenvalue weighted by Crippen LogP contribution is -2.41. The molecule has 1 aliphatic carbocycles. The number of nitrogens with one attached hydrogen (secondary N) is 1. The highest BCUT2D eigenvalue weighted by Crippen LogP contribution is 2.29. The van der Waals surface area contributed by atoms with Crippen LogP contribution in [-0.2, 0) is 13.0 Å². The maximum Gasteiger partial charge on any atom is 0.317 e. The second kappa shape index (κ2) is 7.38. The lowest BCUT2D eigenvalue weighted by molar-refractivity contribution is 0.191. The number of halogens is 2. The summed E-state index contributed by atoms with van der Waals surface area (Å²) in [6.45, 7) is 0.608. The van der Waals surface area contributed by atoms with Gasteiger partial charge in [-0.25, -0.2) is 13.6 Å². The first kappa shape index (κ1) is 16.4. The third-order valence-electron chi connectivity index (χ3n) is 3.99. The van der Waals surface area contributed by atoms with Crippen LogP contribution in [0.2, 0.25) is 0 Å². The van der Waals surface area contributed by atoms with Crippen molar-refractivity contribution in [2.24, 2.45) is 0 Å². The van der Waals surface area contributed by atoms with E-state index >= 15 is 0 Å². The van der Waals surface area contributed by atoms with Crippen LogP contribution in [0.5, 0.6) is 0 Å². The first-order valence-corrected chi connectivity index (χ1v) is 8.02. The van der Waals surface area contributed by atoms with Gasteiger partial charge in [-0.3, -0.25) is 4.98 Å². The molecule has 6 heteroatoms. The predicted octanol–water partition coefficient (Wildman–Crippen LogP) is 3.28. The van der Waals surface area contributed by atoms with Crippen molar-refractivity contribution < 1.29 is 13.6 Å². The molecule has 0 bridgehead atoms. The van der Waals surface area contributed by atoms with Crippen LogP contribution in [0, 0.1) is 11.6 Å². The van der Waals surface area contributed by atoms with E-state index in [-0.39, 0.29) is 18.6 Å². The van der Waals surface area contributed by atoms with E-state index in [2.05, 4.69) is 10.3 Å². The molecule has 24 heavy (non-hydrogen) atoms. The summed E-state index contributed by atoms with van der Waals surface area (Å²) in [5.74, 6) is -1.24. The summed E-state index contributed by atoms with van der Waals surface area (Å²) in [5, 5.41) is 2.85. The molecular weight excluding hydrogens is 312 g/mol. The Morgan fingerprint density at radius 1 is 1.25 bits per heavy atom. The Bertz CT molecular complexity index is 705. The number of benzene rings is 1. The van der Waals surface area contributed by atoms with Crippen LogP contribution in [0.3, 0.4) is 0 Å². The van der Waals surface area contributed by atoms with Crippen LogP contribution in [0.4, 0.5) is 13.6 Å². The Kier molecular flexibility index (Phi) is 5.03. The third kappa shape index (κ3) is 4.28. The Morgan fingerprint density at radius 3 is 2.75 bits per heavy atom. The van der Waals surface area contributed by atoms with Crippen molar-refractivity contribution in [3.05, 3.63) is 65.5 Å². The zero-order valence-corrected chi connectivity index (χ0v) is 13.2. The smallest absolute Gasteiger partial charge is 0.317 e. The zero-order chi connectivity index (χ0) is 16.9. The molecule has 0 saturated heterocycles. The van der Waals surface area contributed by atoms with Gasteiger partial charge in [-0.15, -0.1) is 0 Å². The van der Waals surface area contributed by atoms with Crippen LogP contribution in [-0.4, -0.2) is 28.5 Å². The van der Waals surface area contributed by atoms with E-state index in [0.29, 0.717) is 18.5 Å². The molecule has 1 N–H and O–H groups in total. The van der Waals surface area contributed by atoms with Crippen LogP contribution >= 0.6 is 0 Å². The number of nitrogens with zero attached hydrogens (tertiary/aromatic N) is 2. The maximum atomic E-state index is 13.8. The van der Waals surface area contributed by atoms with Crippen molar-refractivity contribution in [2.75, 3.05) is 6.54 Å². The summed E-state index contributed by atoms with van der Waals surface area (Å²) in [6.07, 6.45) is 4.17. The molecule has 2 aromatic rings. The highest BCUT2D eigenvalue weighted by atomic mass is 19.1. The summed E-state index contributed by atoms with van der Waals surface area (Å²) in [6, 6.07) is 9.00. The van der Waals surface area contributed by atoms with Crippen LogP contribution in [0.15, 0.2) is 42.6 Å². The molecule has 1 aromatic heterocycles. The summed E-state index contributed by atoms with van der Waals surface area (Å²) >= 11 is 0. The normalized spacial score (nSPS) is 13.6. The molecule has 1 saturated carbocycles. The van der Waals surface area contributed by atoms with Crippen molar-refractivity contribution in [3.63, 3.8) is 0 Å². The summed E-state index contributed by atoms with van der Waals surface area (Å²) < 4.78 is 26.8. The fourth-order valence-electron chi connectivity index (χ4n) is 2.53. The molecule has 0 atom stereocenters.